The molecule has 6 heteroatoms. The molecule has 3 aliphatic rings. The van der Waals surface area contributed by atoms with Crippen molar-refractivity contribution in [3.8, 4) is 0 Å². The fourth-order valence-electron chi connectivity index (χ4n) is 4.60. The molecule has 146 valence electrons. The van der Waals surface area contributed by atoms with Gasteiger partial charge in [-0.15, -0.1) is 24.0 Å². The number of aliphatic imine (C=N–C) groups is 1. The Balaban J connectivity index is 0.00000196. The Hall–Kier alpha value is -0.790. The van der Waals surface area contributed by atoms with E-state index in [9.17, 15) is 0 Å². The monoisotopic (exact) mass is 471 g/mol. The van der Waals surface area contributed by atoms with Crippen LogP contribution < -0.4 is 10.6 Å². The normalized spacial score (nSPS) is 24.5. The molecule has 1 heterocycles. The molecule has 1 unspecified atom stereocenters. The molecule has 4 rings (SSSR count). The minimum absolute atomic E-state index is 0. The van der Waals surface area contributed by atoms with E-state index in [1.807, 2.05) is 7.05 Å². The third-order valence-electron chi connectivity index (χ3n) is 6.59. The maximum atomic E-state index is 4.79. The fourth-order valence-corrected chi connectivity index (χ4v) is 4.60. The van der Waals surface area contributed by atoms with Crippen LogP contribution >= 0.6 is 24.0 Å². The molecule has 2 fully saturated rings. The minimum Gasteiger partial charge on any atom is -0.356 e. The summed E-state index contributed by atoms with van der Waals surface area (Å²) in [5.41, 5.74) is 3.27. The van der Waals surface area contributed by atoms with Crippen LogP contribution in [0.2, 0.25) is 0 Å². The number of halogens is 1. The van der Waals surface area contributed by atoms with E-state index < -0.39 is 0 Å². The van der Waals surface area contributed by atoms with Crippen molar-refractivity contribution >= 4 is 29.9 Å². The Morgan fingerprint density at radius 2 is 2.12 bits per heavy atom. The molecule has 0 aromatic carbocycles. The lowest BCUT2D eigenvalue weighted by molar-refractivity contribution is 0.105. The number of fused-ring (bicyclic) bond motifs is 1. The van der Waals surface area contributed by atoms with Crippen LogP contribution in [0.1, 0.15) is 69.7 Å². The van der Waals surface area contributed by atoms with Crippen molar-refractivity contribution in [2.45, 2.75) is 77.3 Å². The van der Waals surface area contributed by atoms with Gasteiger partial charge < -0.3 is 10.6 Å². The Labute approximate surface area is 174 Å². The van der Waals surface area contributed by atoms with Crippen LogP contribution in [0.25, 0.3) is 0 Å². The number of hydrogen-bond donors (Lipinski definition) is 2. The predicted molar refractivity (Wildman–Crippen MR) is 117 cm³/mol. The lowest BCUT2D eigenvalue weighted by atomic mass is 9.65. The first-order valence-electron chi connectivity index (χ1n) is 10.1. The van der Waals surface area contributed by atoms with E-state index in [-0.39, 0.29) is 24.0 Å². The van der Waals surface area contributed by atoms with Gasteiger partial charge in [0, 0.05) is 38.3 Å². The molecule has 0 radical (unpaired) electrons. The van der Waals surface area contributed by atoms with Gasteiger partial charge in [0.2, 0.25) is 0 Å². The lowest BCUT2D eigenvalue weighted by Crippen LogP contribution is -2.50. The van der Waals surface area contributed by atoms with Gasteiger partial charge in [0.1, 0.15) is 0 Å². The maximum Gasteiger partial charge on any atom is 0.191 e. The van der Waals surface area contributed by atoms with Gasteiger partial charge in [-0.1, -0.05) is 6.42 Å². The van der Waals surface area contributed by atoms with Gasteiger partial charge in [0.15, 0.2) is 5.96 Å². The van der Waals surface area contributed by atoms with E-state index in [4.69, 9.17) is 5.10 Å². The molecule has 26 heavy (non-hydrogen) atoms. The summed E-state index contributed by atoms with van der Waals surface area (Å²) in [7, 11) is 1.89. The quantitative estimate of drug-likeness (QED) is 0.392. The summed E-state index contributed by atoms with van der Waals surface area (Å²) >= 11 is 0. The van der Waals surface area contributed by atoms with E-state index in [2.05, 4.69) is 40.4 Å². The van der Waals surface area contributed by atoms with Gasteiger partial charge >= 0.3 is 0 Å². The number of rotatable bonds is 5. The van der Waals surface area contributed by atoms with Crippen LogP contribution in [0.5, 0.6) is 0 Å². The van der Waals surface area contributed by atoms with E-state index in [0.717, 1.165) is 37.7 Å². The number of nitrogens with one attached hydrogen (secondary N) is 2. The molecule has 2 N–H and O–H groups in total. The molecule has 2 saturated carbocycles. The Bertz CT molecular complexity index is 643. The summed E-state index contributed by atoms with van der Waals surface area (Å²) in [4.78, 5) is 4.48. The van der Waals surface area contributed by atoms with Crippen LogP contribution in [0, 0.1) is 11.3 Å². The summed E-state index contributed by atoms with van der Waals surface area (Å²) in [5, 5.41) is 12.1. The summed E-state index contributed by atoms with van der Waals surface area (Å²) in [6.07, 6.45) is 12.6. The highest BCUT2D eigenvalue weighted by Gasteiger charge is 2.48. The van der Waals surface area contributed by atoms with Crippen LogP contribution in [0.3, 0.4) is 0 Å². The highest BCUT2D eigenvalue weighted by molar-refractivity contribution is 14.0. The zero-order chi connectivity index (χ0) is 17.4. The summed E-state index contributed by atoms with van der Waals surface area (Å²) in [6, 6.07) is 0.875. The summed E-state index contributed by atoms with van der Waals surface area (Å²) in [5.74, 6) is 1.95. The van der Waals surface area contributed by atoms with E-state index in [1.165, 1.54) is 43.4 Å². The van der Waals surface area contributed by atoms with E-state index in [1.54, 1.807) is 0 Å². The van der Waals surface area contributed by atoms with Crippen LogP contribution in [-0.4, -0.2) is 35.4 Å². The van der Waals surface area contributed by atoms with Crippen LogP contribution in [0.15, 0.2) is 11.2 Å². The molecule has 0 aliphatic heterocycles. The van der Waals surface area contributed by atoms with E-state index in [0.29, 0.717) is 17.5 Å². The summed E-state index contributed by atoms with van der Waals surface area (Å²) < 4.78 is 2.11. The van der Waals surface area contributed by atoms with Crippen molar-refractivity contribution in [2.24, 2.45) is 16.3 Å². The van der Waals surface area contributed by atoms with Crippen molar-refractivity contribution in [3.05, 3.63) is 17.5 Å². The second-order valence-electron chi connectivity index (χ2n) is 8.67. The van der Waals surface area contributed by atoms with Crippen molar-refractivity contribution in [3.63, 3.8) is 0 Å². The number of guanidine groups is 1. The molecular weight excluding hydrogens is 437 g/mol. The molecule has 1 aromatic heterocycles. The molecule has 3 aliphatic carbocycles. The molecule has 5 nitrogen and oxygen atoms in total. The van der Waals surface area contributed by atoms with Gasteiger partial charge in [-0.3, -0.25) is 9.67 Å². The summed E-state index contributed by atoms with van der Waals surface area (Å²) in [6.45, 7) is 5.48. The van der Waals surface area contributed by atoms with Gasteiger partial charge in [0.25, 0.3) is 0 Å². The first-order valence-corrected chi connectivity index (χ1v) is 10.1. The number of aryl methyl sites for hydroxylation is 1. The topological polar surface area (TPSA) is 54.2 Å². The zero-order valence-corrected chi connectivity index (χ0v) is 18.8. The van der Waals surface area contributed by atoms with Crippen LogP contribution in [0.4, 0.5) is 0 Å². The molecule has 0 saturated heterocycles. The van der Waals surface area contributed by atoms with Gasteiger partial charge in [-0.25, -0.2) is 0 Å². The molecule has 0 spiro atoms. The van der Waals surface area contributed by atoms with Crippen LogP contribution in [-0.2, 0) is 12.8 Å². The van der Waals surface area contributed by atoms with Crippen molar-refractivity contribution < 1.29 is 0 Å². The molecular formula is C20H34IN5. The van der Waals surface area contributed by atoms with E-state index >= 15 is 0 Å². The Morgan fingerprint density at radius 1 is 1.35 bits per heavy atom. The predicted octanol–water partition coefficient (Wildman–Crippen LogP) is 3.68. The standard InChI is InChI=1S/C20H33N5.HI/c1-14(2)25-12-15-5-8-17(11-18(15)24-25)23-19(21-3)22-13-20(9-4-10-20)16-6-7-16;/h12,14,16-17H,4-11,13H2,1-3H3,(H2,21,22,23);1H. The second kappa shape index (κ2) is 8.07. The molecule has 1 aromatic rings. The Kier molecular flexibility index (Phi) is 6.19. The first-order chi connectivity index (χ1) is 12.1. The first kappa shape index (κ1) is 20.0. The fraction of sp³-hybridized carbons (Fsp3) is 0.800. The van der Waals surface area contributed by atoms with Gasteiger partial charge in [-0.2, -0.15) is 5.10 Å². The zero-order valence-electron chi connectivity index (χ0n) is 16.4. The molecule has 1 atom stereocenters. The SMILES string of the molecule is CN=C(NCC1(C2CC2)CCC1)NC1CCc2cn(C(C)C)nc2C1.I. The minimum atomic E-state index is 0. The third kappa shape index (κ3) is 4.04. The number of nitrogens with zero attached hydrogens (tertiary/aromatic N) is 3. The second-order valence-corrected chi connectivity index (χ2v) is 8.67. The molecule has 0 bridgehead atoms. The highest BCUT2D eigenvalue weighted by Crippen LogP contribution is 2.56. The lowest BCUT2D eigenvalue weighted by Gasteiger charge is -2.43. The third-order valence-corrected chi connectivity index (χ3v) is 6.59. The number of hydrogen-bond acceptors (Lipinski definition) is 2. The number of aromatic nitrogens is 2. The average Bonchev–Trinajstić information content (AvgIpc) is 3.31. The largest absolute Gasteiger partial charge is 0.356 e. The van der Waals surface area contributed by atoms with Crippen molar-refractivity contribution in [1.29, 1.82) is 0 Å². The van der Waals surface area contributed by atoms with Gasteiger partial charge in [-0.05, 0) is 69.3 Å². The van der Waals surface area contributed by atoms with Crippen molar-refractivity contribution in [1.82, 2.24) is 20.4 Å². The van der Waals surface area contributed by atoms with Gasteiger partial charge in [0.05, 0.1) is 5.69 Å². The Morgan fingerprint density at radius 3 is 2.69 bits per heavy atom. The van der Waals surface area contributed by atoms with Crippen molar-refractivity contribution in [2.75, 3.05) is 13.6 Å². The smallest absolute Gasteiger partial charge is 0.191 e. The maximum absolute atomic E-state index is 4.79. The average molecular weight is 471 g/mol. The molecule has 0 amide bonds. The highest BCUT2D eigenvalue weighted by atomic mass is 127.